The number of hydrogen-bond donors (Lipinski definition) is 0. The molecule has 1 unspecified atom stereocenters. The Balaban J connectivity index is 1.24. The molecular weight excluding hydrogens is 344 g/mol. The molecule has 0 N–H and O–H groups in total. The third kappa shape index (κ3) is 3.06. The van der Waals surface area contributed by atoms with Crippen LogP contribution in [0.1, 0.15) is 23.4 Å². The summed E-state index contributed by atoms with van der Waals surface area (Å²) in [5.41, 5.74) is 0.410. The molecule has 3 aromatic rings. The van der Waals surface area contributed by atoms with Gasteiger partial charge in [0, 0.05) is 30.5 Å². The van der Waals surface area contributed by atoms with Crippen LogP contribution in [-0.4, -0.2) is 47.2 Å². The van der Waals surface area contributed by atoms with Crippen LogP contribution in [0.5, 0.6) is 5.88 Å². The number of pyridine rings is 1. The van der Waals surface area contributed by atoms with Gasteiger partial charge in [-0.05, 0) is 18.2 Å². The standard InChI is InChI=1S/C21H20N2O4/c24-20(18-11-15-5-1-2-6-17(15)27-18)23-13-21(14-23)12-16(8-10-25-21)26-19-7-3-4-9-22-19/h1-7,9,11,16H,8,10,12-14H2. The number of benzene rings is 1. The lowest BCUT2D eigenvalue weighted by atomic mass is 9.84. The second-order valence-electron chi connectivity index (χ2n) is 7.24. The third-order valence-corrected chi connectivity index (χ3v) is 5.25. The van der Waals surface area contributed by atoms with Crippen molar-refractivity contribution in [3.05, 3.63) is 60.5 Å². The number of hydrogen-bond acceptors (Lipinski definition) is 5. The normalized spacial score (nSPS) is 21.2. The van der Waals surface area contributed by atoms with E-state index < -0.39 is 0 Å². The van der Waals surface area contributed by atoms with Gasteiger partial charge in [-0.2, -0.15) is 0 Å². The molecule has 1 spiro atoms. The zero-order valence-corrected chi connectivity index (χ0v) is 14.8. The van der Waals surface area contributed by atoms with Gasteiger partial charge in [0.05, 0.1) is 19.7 Å². The van der Waals surface area contributed by atoms with E-state index in [9.17, 15) is 4.79 Å². The first-order chi connectivity index (χ1) is 13.2. The number of fused-ring (bicyclic) bond motifs is 1. The Morgan fingerprint density at radius 3 is 2.85 bits per heavy atom. The Labute approximate surface area is 156 Å². The van der Waals surface area contributed by atoms with Crippen molar-refractivity contribution in [1.29, 1.82) is 0 Å². The van der Waals surface area contributed by atoms with Crippen LogP contribution in [0.25, 0.3) is 11.0 Å². The predicted octanol–water partition coefficient (Wildman–Crippen LogP) is 3.28. The molecule has 6 heteroatoms. The molecule has 1 aromatic carbocycles. The number of aromatic nitrogens is 1. The van der Waals surface area contributed by atoms with Crippen molar-refractivity contribution < 1.29 is 18.7 Å². The SMILES string of the molecule is O=C(c1cc2ccccc2o1)N1CC2(CC(Oc3ccccn3)CCO2)C1. The van der Waals surface area contributed by atoms with Gasteiger partial charge in [0.2, 0.25) is 5.88 Å². The number of ether oxygens (including phenoxy) is 2. The maximum absolute atomic E-state index is 12.7. The molecular formula is C21H20N2O4. The van der Waals surface area contributed by atoms with Crippen molar-refractivity contribution in [2.45, 2.75) is 24.5 Å². The van der Waals surface area contributed by atoms with E-state index in [4.69, 9.17) is 13.9 Å². The molecule has 5 rings (SSSR count). The number of carbonyl (C=O) groups excluding carboxylic acids is 1. The van der Waals surface area contributed by atoms with Gasteiger partial charge < -0.3 is 18.8 Å². The lowest BCUT2D eigenvalue weighted by molar-refractivity contribution is -0.174. The second kappa shape index (κ2) is 6.39. The Kier molecular flexibility index (Phi) is 3.86. The van der Waals surface area contributed by atoms with Crippen molar-refractivity contribution in [2.75, 3.05) is 19.7 Å². The summed E-state index contributed by atoms with van der Waals surface area (Å²) in [7, 11) is 0. The molecule has 2 fully saturated rings. The molecule has 27 heavy (non-hydrogen) atoms. The minimum absolute atomic E-state index is 0.0529. The first kappa shape index (κ1) is 16.3. The van der Waals surface area contributed by atoms with Gasteiger partial charge in [-0.1, -0.05) is 24.3 Å². The summed E-state index contributed by atoms with van der Waals surface area (Å²) in [5, 5.41) is 0.939. The second-order valence-corrected chi connectivity index (χ2v) is 7.24. The first-order valence-corrected chi connectivity index (χ1v) is 9.20. The van der Waals surface area contributed by atoms with Gasteiger partial charge in [-0.15, -0.1) is 0 Å². The number of likely N-dealkylation sites (tertiary alicyclic amines) is 1. The van der Waals surface area contributed by atoms with Crippen LogP contribution in [0.15, 0.2) is 59.1 Å². The Morgan fingerprint density at radius 2 is 2.04 bits per heavy atom. The number of nitrogens with zero attached hydrogens (tertiary/aromatic N) is 2. The Hall–Kier alpha value is -2.86. The number of carbonyl (C=O) groups is 1. The van der Waals surface area contributed by atoms with Crippen LogP contribution >= 0.6 is 0 Å². The van der Waals surface area contributed by atoms with E-state index in [-0.39, 0.29) is 17.6 Å². The highest BCUT2D eigenvalue weighted by atomic mass is 16.5. The predicted molar refractivity (Wildman–Crippen MR) is 98.7 cm³/mol. The summed E-state index contributed by atoms with van der Waals surface area (Å²) in [4.78, 5) is 18.7. The average Bonchev–Trinajstić information content (AvgIpc) is 3.11. The summed E-state index contributed by atoms with van der Waals surface area (Å²) in [5.74, 6) is 0.922. The molecule has 0 saturated carbocycles. The fraction of sp³-hybridized carbons (Fsp3) is 0.333. The van der Waals surface area contributed by atoms with Crippen molar-refractivity contribution in [3.63, 3.8) is 0 Å². The molecule has 2 aromatic heterocycles. The number of furan rings is 1. The van der Waals surface area contributed by atoms with E-state index in [0.717, 1.165) is 23.8 Å². The van der Waals surface area contributed by atoms with Gasteiger partial charge in [0.25, 0.3) is 5.91 Å². The minimum Gasteiger partial charge on any atom is -0.474 e. The summed E-state index contributed by atoms with van der Waals surface area (Å²) >= 11 is 0. The molecule has 0 radical (unpaired) electrons. The van der Waals surface area contributed by atoms with Crippen LogP contribution in [0.2, 0.25) is 0 Å². The van der Waals surface area contributed by atoms with Gasteiger partial charge >= 0.3 is 0 Å². The van der Waals surface area contributed by atoms with E-state index in [1.165, 1.54) is 0 Å². The number of amides is 1. The Bertz CT molecular complexity index is 929. The zero-order chi connectivity index (χ0) is 18.3. The monoisotopic (exact) mass is 364 g/mol. The molecule has 0 aliphatic carbocycles. The fourth-order valence-corrected chi connectivity index (χ4v) is 3.93. The van der Waals surface area contributed by atoms with Gasteiger partial charge in [0.1, 0.15) is 17.3 Å². The van der Waals surface area contributed by atoms with Crippen LogP contribution in [-0.2, 0) is 4.74 Å². The highest BCUT2D eigenvalue weighted by Crippen LogP contribution is 2.36. The zero-order valence-electron chi connectivity index (χ0n) is 14.8. The minimum atomic E-state index is -0.320. The average molecular weight is 364 g/mol. The lowest BCUT2D eigenvalue weighted by Gasteiger charge is -2.52. The van der Waals surface area contributed by atoms with E-state index in [1.807, 2.05) is 42.5 Å². The maximum atomic E-state index is 12.7. The van der Waals surface area contributed by atoms with Gasteiger partial charge in [-0.3, -0.25) is 4.79 Å². The van der Waals surface area contributed by atoms with Crippen LogP contribution in [0, 0.1) is 0 Å². The maximum Gasteiger partial charge on any atom is 0.289 e. The fourth-order valence-electron chi connectivity index (χ4n) is 3.93. The molecule has 2 saturated heterocycles. The van der Waals surface area contributed by atoms with E-state index in [1.54, 1.807) is 17.2 Å². The van der Waals surface area contributed by atoms with E-state index >= 15 is 0 Å². The molecule has 2 aliphatic heterocycles. The van der Waals surface area contributed by atoms with Gasteiger partial charge in [0.15, 0.2) is 5.76 Å². The molecule has 1 amide bonds. The lowest BCUT2D eigenvalue weighted by Crippen LogP contribution is -2.67. The van der Waals surface area contributed by atoms with E-state index in [2.05, 4.69) is 4.98 Å². The quantitative estimate of drug-likeness (QED) is 0.714. The molecule has 4 heterocycles. The Morgan fingerprint density at radius 1 is 1.19 bits per heavy atom. The molecule has 2 aliphatic rings. The third-order valence-electron chi connectivity index (χ3n) is 5.25. The van der Waals surface area contributed by atoms with Crippen molar-refractivity contribution >= 4 is 16.9 Å². The molecule has 6 nitrogen and oxygen atoms in total. The van der Waals surface area contributed by atoms with Crippen LogP contribution < -0.4 is 4.74 Å². The summed E-state index contributed by atoms with van der Waals surface area (Å²) in [6.07, 6.45) is 3.36. The summed E-state index contributed by atoms with van der Waals surface area (Å²) in [6.45, 7) is 1.75. The van der Waals surface area contributed by atoms with Crippen molar-refractivity contribution in [1.82, 2.24) is 9.88 Å². The van der Waals surface area contributed by atoms with E-state index in [0.29, 0.717) is 31.3 Å². The number of rotatable bonds is 3. The summed E-state index contributed by atoms with van der Waals surface area (Å²) < 4.78 is 17.7. The topological polar surface area (TPSA) is 64.8 Å². The molecule has 138 valence electrons. The molecule has 0 bridgehead atoms. The smallest absolute Gasteiger partial charge is 0.289 e. The van der Waals surface area contributed by atoms with Crippen molar-refractivity contribution in [3.8, 4) is 5.88 Å². The van der Waals surface area contributed by atoms with Gasteiger partial charge in [-0.25, -0.2) is 4.98 Å². The highest BCUT2D eigenvalue weighted by Gasteiger charge is 2.50. The highest BCUT2D eigenvalue weighted by molar-refractivity contribution is 5.96. The largest absolute Gasteiger partial charge is 0.474 e. The first-order valence-electron chi connectivity index (χ1n) is 9.20. The van der Waals surface area contributed by atoms with Crippen LogP contribution in [0.3, 0.4) is 0 Å². The molecule has 1 atom stereocenters. The van der Waals surface area contributed by atoms with Crippen molar-refractivity contribution in [2.24, 2.45) is 0 Å². The van der Waals surface area contributed by atoms with Crippen LogP contribution in [0.4, 0.5) is 0 Å². The number of para-hydroxylation sites is 1. The summed E-state index contributed by atoms with van der Waals surface area (Å²) in [6, 6.07) is 15.1.